The van der Waals surface area contributed by atoms with Gasteiger partial charge in [-0.25, -0.2) is 0 Å². The summed E-state index contributed by atoms with van der Waals surface area (Å²) < 4.78 is 0. The van der Waals surface area contributed by atoms with Crippen LogP contribution in [0.3, 0.4) is 0 Å². The molecule has 1 aliphatic rings. The van der Waals surface area contributed by atoms with Crippen molar-refractivity contribution in [3.63, 3.8) is 0 Å². The zero-order valence-electron chi connectivity index (χ0n) is 8.32. The van der Waals surface area contributed by atoms with E-state index in [1.54, 1.807) is 0 Å². The summed E-state index contributed by atoms with van der Waals surface area (Å²) in [5.41, 5.74) is 0.735. The Labute approximate surface area is 71.4 Å². The maximum Gasteiger partial charge on any atom is -0.0323 e. The summed E-state index contributed by atoms with van der Waals surface area (Å²) in [6, 6.07) is 0. The second-order valence-corrected chi connectivity index (χ2v) is 4.58. The first kappa shape index (κ1) is 9.09. The molecule has 0 heteroatoms. The van der Waals surface area contributed by atoms with Gasteiger partial charge < -0.3 is 0 Å². The number of hydrogen-bond acceptors (Lipinski definition) is 0. The van der Waals surface area contributed by atoms with Crippen molar-refractivity contribution in [2.45, 2.75) is 59.3 Å². The minimum atomic E-state index is 0.735. The van der Waals surface area contributed by atoms with Crippen LogP contribution < -0.4 is 0 Å². The fourth-order valence-corrected chi connectivity index (χ4v) is 2.32. The highest BCUT2D eigenvalue weighted by Gasteiger charge is 2.37. The normalized spacial score (nSPS) is 36.8. The molecule has 0 aromatic rings. The molecule has 0 atom stereocenters. The van der Waals surface area contributed by atoms with Crippen molar-refractivity contribution in [1.29, 1.82) is 0 Å². The lowest BCUT2D eigenvalue weighted by Crippen LogP contribution is -2.33. The molecule has 11 heavy (non-hydrogen) atoms. The fraction of sp³-hybridized carbons (Fsp3) is 1.00. The lowest BCUT2D eigenvalue weighted by Gasteiger charge is -2.45. The molecule has 0 aromatic heterocycles. The van der Waals surface area contributed by atoms with E-state index in [-0.39, 0.29) is 0 Å². The molecule has 0 N–H and O–H groups in total. The first-order valence-electron chi connectivity index (χ1n) is 5.20. The predicted molar refractivity (Wildman–Crippen MR) is 50.6 cm³/mol. The van der Waals surface area contributed by atoms with Gasteiger partial charge in [-0.05, 0) is 24.2 Å². The molecular formula is C11H22. The standard InChI is InChI=1S/C11H22/c1-4-6-7-10-8-11(3,5-2)9-10/h10H,4-9H2,1-3H3. The Morgan fingerprint density at radius 2 is 1.91 bits per heavy atom. The number of rotatable bonds is 4. The second-order valence-electron chi connectivity index (χ2n) is 4.58. The average molecular weight is 154 g/mol. The number of unbranched alkanes of at least 4 members (excludes halogenated alkanes) is 1. The van der Waals surface area contributed by atoms with Crippen LogP contribution in [0.5, 0.6) is 0 Å². The Balaban J connectivity index is 2.08. The van der Waals surface area contributed by atoms with Crippen molar-refractivity contribution in [1.82, 2.24) is 0 Å². The first-order chi connectivity index (χ1) is 5.20. The summed E-state index contributed by atoms with van der Waals surface area (Å²) in [6.45, 7) is 7.06. The summed E-state index contributed by atoms with van der Waals surface area (Å²) in [5.74, 6) is 1.08. The highest BCUT2D eigenvalue weighted by molar-refractivity contribution is 4.88. The van der Waals surface area contributed by atoms with E-state index < -0.39 is 0 Å². The number of hydrogen-bond donors (Lipinski definition) is 0. The lowest BCUT2D eigenvalue weighted by atomic mass is 9.60. The molecular weight excluding hydrogens is 132 g/mol. The highest BCUT2D eigenvalue weighted by Crippen LogP contribution is 2.49. The predicted octanol–water partition coefficient (Wildman–Crippen LogP) is 4.00. The van der Waals surface area contributed by atoms with Crippen LogP contribution in [0.15, 0.2) is 0 Å². The average Bonchev–Trinajstić information content (AvgIpc) is 1.96. The van der Waals surface area contributed by atoms with Crippen LogP contribution in [0.4, 0.5) is 0 Å². The van der Waals surface area contributed by atoms with Crippen molar-refractivity contribution in [2.75, 3.05) is 0 Å². The third kappa shape index (κ3) is 2.21. The molecule has 1 fully saturated rings. The van der Waals surface area contributed by atoms with Crippen LogP contribution in [-0.4, -0.2) is 0 Å². The van der Waals surface area contributed by atoms with Gasteiger partial charge in [-0.2, -0.15) is 0 Å². The van der Waals surface area contributed by atoms with Crippen molar-refractivity contribution in [2.24, 2.45) is 11.3 Å². The molecule has 0 spiro atoms. The monoisotopic (exact) mass is 154 g/mol. The smallest absolute Gasteiger partial charge is 0.0323 e. The second kappa shape index (κ2) is 3.60. The van der Waals surface area contributed by atoms with Crippen LogP contribution in [-0.2, 0) is 0 Å². The van der Waals surface area contributed by atoms with Gasteiger partial charge in [-0.1, -0.05) is 46.5 Å². The molecule has 1 rings (SSSR count). The zero-order chi connectivity index (χ0) is 8.32. The summed E-state index contributed by atoms with van der Waals surface area (Å²) in [6.07, 6.45) is 8.71. The quantitative estimate of drug-likeness (QED) is 0.574. The van der Waals surface area contributed by atoms with E-state index in [9.17, 15) is 0 Å². The molecule has 0 aliphatic heterocycles. The molecule has 0 bridgehead atoms. The molecule has 0 saturated heterocycles. The van der Waals surface area contributed by atoms with E-state index in [2.05, 4.69) is 20.8 Å². The molecule has 0 unspecified atom stereocenters. The summed E-state index contributed by atoms with van der Waals surface area (Å²) in [7, 11) is 0. The van der Waals surface area contributed by atoms with Crippen molar-refractivity contribution >= 4 is 0 Å². The van der Waals surface area contributed by atoms with Crippen molar-refractivity contribution < 1.29 is 0 Å². The third-order valence-electron chi connectivity index (χ3n) is 3.38. The van der Waals surface area contributed by atoms with Gasteiger partial charge in [-0.15, -0.1) is 0 Å². The van der Waals surface area contributed by atoms with Gasteiger partial charge >= 0.3 is 0 Å². The van der Waals surface area contributed by atoms with Gasteiger partial charge in [0.2, 0.25) is 0 Å². The van der Waals surface area contributed by atoms with E-state index in [4.69, 9.17) is 0 Å². The molecule has 0 heterocycles. The molecule has 0 radical (unpaired) electrons. The molecule has 0 aromatic carbocycles. The van der Waals surface area contributed by atoms with Gasteiger partial charge in [-0.3, -0.25) is 0 Å². The zero-order valence-corrected chi connectivity index (χ0v) is 8.32. The Morgan fingerprint density at radius 3 is 2.36 bits per heavy atom. The minimum Gasteiger partial charge on any atom is -0.0654 e. The molecule has 66 valence electrons. The van der Waals surface area contributed by atoms with E-state index in [1.807, 2.05) is 0 Å². The summed E-state index contributed by atoms with van der Waals surface area (Å²) in [5, 5.41) is 0. The Bertz CT molecular complexity index is 109. The van der Waals surface area contributed by atoms with Crippen molar-refractivity contribution in [3.05, 3.63) is 0 Å². The van der Waals surface area contributed by atoms with E-state index in [1.165, 1.54) is 38.5 Å². The van der Waals surface area contributed by atoms with Crippen LogP contribution in [0, 0.1) is 11.3 Å². The Hall–Kier alpha value is 0. The summed E-state index contributed by atoms with van der Waals surface area (Å²) in [4.78, 5) is 0. The molecule has 0 nitrogen and oxygen atoms in total. The Kier molecular flexibility index (Phi) is 2.98. The van der Waals surface area contributed by atoms with Crippen molar-refractivity contribution in [3.8, 4) is 0 Å². The minimum absolute atomic E-state index is 0.735. The van der Waals surface area contributed by atoms with Crippen LogP contribution in [0.1, 0.15) is 59.3 Å². The van der Waals surface area contributed by atoms with Gasteiger partial charge in [0.05, 0.1) is 0 Å². The van der Waals surface area contributed by atoms with Crippen LogP contribution >= 0.6 is 0 Å². The molecule has 0 amide bonds. The SMILES string of the molecule is CCCCC1CC(C)(CC)C1. The van der Waals surface area contributed by atoms with E-state index in [0.29, 0.717) is 0 Å². The van der Waals surface area contributed by atoms with Crippen LogP contribution in [0.2, 0.25) is 0 Å². The molecule has 1 saturated carbocycles. The maximum absolute atomic E-state index is 2.44. The van der Waals surface area contributed by atoms with E-state index in [0.717, 1.165) is 11.3 Å². The first-order valence-corrected chi connectivity index (χ1v) is 5.20. The van der Waals surface area contributed by atoms with Crippen LogP contribution in [0.25, 0.3) is 0 Å². The molecule has 1 aliphatic carbocycles. The maximum atomic E-state index is 2.44. The van der Waals surface area contributed by atoms with Gasteiger partial charge in [0, 0.05) is 0 Å². The van der Waals surface area contributed by atoms with E-state index >= 15 is 0 Å². The Morgan fingerprint density at radius 1 is 1.27 bits per heavy atom. The topological polar surface area (TPSA) is 0 Å². The summed E-state index contributed by atoms with van der Waals surface area (Å²) >= 11 is 0. The fourth-order valence-electron chi connectivity index (χ4n) is 2.32. The third-order valence-corrected chi connectivity index (χ3v) is 3.38. The van der Waals surface area contributed by atoms with Gasteiger partial charge in [0.15, 0.2) is 0 Å². The highest BCUT2D eigenvalue weighted by atomic mass is 14.4. The van der Waals surface area contributed by atoms with Gasteiger partial charge in [0.1, 0.15) is 0 Å². The largest absolute Gasteiger partial charge is 0.0654 e. The van der Waals surface area contributed by atoms with Gasteiger partial charge in [0.25, 0.3) is 0 Å². The lowest BCUT2D eigenvalue weighted by molar-refractivity contribution is 0.0635.